The van der Waals surface area contributed by atoms with Gasteiger partial charge in [-0.3, -0.25) is 0 Å². The third kappa shape index (κ3) is 3.45. The molecule has 2 aliphatic rings. The van der Waals surface area contributed by atoms with Crippen molar-refractivity contribution in [3.05, 3.63) is 0 Å². The van der Waals surface area contributed by atoms with Crippen LogP contribution in [0.1, 0.15) is 51.4 Å². The van der Waals surface area contributed by atoms with Crippen molar-refractivity contribution in [3.63, 3.8) is 0 Å². The molecular formula is C13H24BrN. The molecule has 0 N–H and O–H groups in total. The molecule has 0 spiro atoms. The lowest BCUT2D eigenvalue weighted by Gasteiger charge is -2.27. The monoisotopic (exact) mass is 273 g/mol. The van der Waals surface area contributed by atoms with Crippen molar-refractivity contribution in [2.24, 2.45) is 5.92 Å². The second-order valence-electron chi connectivity index (χ2n) is 5.27. The first-order valence-corrected chi connectivity index (χ1v) is 7.82. The number of hydrogen-bond acceptors (Lipinski definition) is 1. The van der Waals surface area contributed by atoms with E-state index in [1.54, 1.807) is 0 Å². The van der Waals surface area contributed by atoms with Crippen molar-refractivity contribution >= 4 is 15.9 Å². The maximum Gasteiger partial charge on any atom is 0.00961 e. The second kappa shape index (κ2) is 6.24. The van der Waals surface area contributed by atoms with Crippen LogP contribution < -0.4 is 0 Å². The zero-order chi connectivity index (χ0) is 10.5. The topological polar surface area (TPSA) is 3.24 Å². The summed E-state index contributed by atoms with van der Waals surface area (Å²) in [5.41, 5.74) is 0. The highest BCUT2D eigenvalue weighted by molar-refractivity contribution is 9.09. The Kier molecular flexibility index (Phi) is 4.96. The second-order valence-corrected chi connectivity index (χ2v) is 6.07. The molecule has 0 amide bonds. The number of rotatable bonds is 5. The molecule has 0 bridgehead atoms. The van der Waals surface area contributed by atoms with E-state index < -0.39 is 0 Å². The van der Waals surface area contributed by atoms with E-state index in [0.29, 0.717) is 0 Å². The normalized spacial score (nSPS) is 29.0. The molecule has 1 aliphatic heterocycles. The molecule has 88 valence electrons. The molecule has 1 unspecified atom stereocenters. The first-order chi connectivity index (χ1) is 7.40. The maximum atomic E-state index is 3.55. The fourth-order valence-corrected chi connectivity index (χ4v) is 3.62. The van der Waals surface area contributed by atoms with Crippen molar-refractivity contribution in [1.29, 1.82) is 0 Å². The quantitative estimate of drug-likeness (QED) is 0.689. The molecule has 0 radical (unpaired) electrons. The van der Waals surface area contributed by atoms with Gasteiger partial charge in [0.05, 0.1) is 0 Å². The summed E-state index contributed by atoms with van der Waals surface area (Å²) in [6.07, 6.45) is 11.7. The van der Waals surface area contributed by atoms with Crippen molar-refractivity contribution < 1.29 is 0 Å². The van der Waals surface area contributed by atoms with Crippen LogP contribution in [0.2, 0.25) is 0 Å². The molecule has 1 saturated carbocycles. The highest BCUT2D eigenvalue weighted by Gasteiger charge is 2.27. The van der Waals surface area contributed by atoms with Crippen LogP contribution in [0.25, 0.3) is 0 Å². The van der Waals surface area contributed by atoms with Gasteiger partial charge in [-0.2, -0.15) is 0 Å². The largest absolute Gasteiger partial charge is 0.300 e. The van der Waals surface area contributed by atoms with E-state index in [1.165, 1.54) is 69.8 Å². The van der Waals surface area contributed by atoms with Crippen LogP contribution >= 0.6 is 15.9 Å². The van der Waals surface area contributed by atoms with Gasteiger partial charge < -0.3 is 4.90 Å². The highest BCUT2D eigenvalue weighted by Crippen LogP contribution is 2.29. The van der Waals surface area contributed by atoms with Crippen LogP contribution in [0.15, 0.2) is 0 Å². The van der Waals surface area contributed by atoms with Crippen molar-refractivity contribution in [2.75, 3.05) is 18.4 Å². The fraction of sp³-hybridized carbons (Fsp3) is 1.00. The molecule has 1 nitrogen and oxygen atoms in total. The lowest BCUT2D eigenvalue weighted by molar-refractivity contribution is 0.206. The van der Waals surface area contributed by atoms with Gasteiger partial charge in [0.2, 0.25) is 0 Å². The fourth-order valence-electron chi connectivity index (χ4n) is 3.30. The summed E-state index contributed by atoms with van der Waals surface area (Å²) in [5.74, 6) is 1.04. The van der Waals surface area contributed by atoms with Crippen molar-refractivity contribution in [1.82, 2.24) is 4.90 Å². The number of hydrogen-bond donors (Lipinski definition) is 0. The molecule has 1 atom stereocenters. The minimum absolute atomic E-state index is 0.920. The molecule has 0 aromatic heterocycles. The van der Waals surface area contributed by atoms with Gasteiger partial charge >= 0.3 is 0 Å². The SMILES string of the molecule is BrCCCC1CCCN1CC1CCCC1. The third-order valence-electron chi connectivity index (χ3n) is 4.14. The Morgan fingerprint density at radius 3 is 2.60 bits per heavy atom. The van der Waals surface area contributed by atoms with Crippen LogP contribution in [0.5, 0.6) is 0 Å². The average Bonchev–Trinajstić information content (AvgIpc) is 2.87. The summed E-state index contributed by atoms with van der Waals surface area (Å²) in [6, 6.07) is 0.920. The van der Waals surface area contributed by atoms with Crippen molar-refractivity contribution in [3.8, 4) is 0 Å². The molecule has 0 aromatic carbocycles. The summed E-state index contributed by atoms with van der Waals surface area (Å²) in [5, 5.41) is 1.18. The molecule has 2 heteroatoms. The lowest BCUT2D eigenvalue weighted by atomic mass is 10.1. The summed E-state index contributed by atoms with van der Waals surface area (Å²) < 4.78 is 0. The van der Waals surface area contributed by atoms with E-state index in [9.17, 15) is 0 Å². The third-order valence-corrected chi connectivity index (χ3v) is 4.70. The number of nitrogens with zero attached hydrogens (tertiary/aromatic N) is 1. The first-order valence-electron chi connectivity index (χ1n) is 6.70. The van der Waals surface area contributed by atoms with Gasteiger partial charge in [-0.1, -0.05) is 28.8 Å². The van der Waals surface area contributed by atoms with E-state index in [-0.39, 0.29) is 0 Å². The Bertz CT molecular complexity index is 177. The molecule has 1 heterocycles. The number of halogens is 1. The Morgan fingerprint density at radius 1 is 1.07 bits per heavy atom. The molecule has 2 rings (SSSR count). The molecule has 15 heavy (non-hydrogen) atoms. The number of likely N-dealkylation sites (tertiary alicyclic amines) is 1. The van der Waals surface area contributed by atoms with Gasteiger partial charge in [-0.15, -0.1) is 0 Å². The van der Waals surface area contributed by atoms with E-state index in [2.05, 4.69) is 20.8 Å². The molecule has 1 saturated heterocycles. The standard InChI is InChI=1S/C13H24BrN/c14-9-3-7-13-8-4-10-15(13)11-12-5-1-2-6-12/h12-13H,1-11H2. The van der Waals surface area contributed by atoms with Crippen LogP contribution in [-0.2, 0) is 0 Å². The summed E-state index contributed by atoms with van der Waals surface area (Å²) in [4.78, 5) is 2.79. The predicted molar refractivity (Wildman–Crippen MR) is 69.6 cm³/mol. The first kappa shape index (κ1) is 11.9. The van der Waals surface area contributed by atoms with Crippen LogP contribution in [-0.4, -0.2) is 29.4 Å². The van der Waals surface area contributed by atoms with Gasteiger partial charge in [0.25, 0.3) is 0 Å². The number of alkyl halides is 1. The summed E-state index contributed by atoms with van der Waals surface area (Å²) in [6.45, 7) is 2.79. The van der Waals surface area contributed by atoms with E-state index in [4.69, 9.17) is 0 Å². The molecule has 0 aromatic rings. The van der Waals surface area contributed by atoms with Crippen LogP contribution in [0.3, 0.4) is 0 Å². The minimum Gasteiger partial charge on any atom is -0.300 e. The van der Waals surface area contributed by atoms with Gasteiger partial charge in [0.1, 0.15) is 0 Å². The van der Waals surface area contributed by atoms with Gasteiger partial charge in [-0.05, 0) is 51.0 Å². The molecule has 1 aliphatic carbocycles. The van der Waals surface area contributed by atoms with E-state index in [1.807, 2.05) is 0 Å². The van der Waals surface area contributed by atoms with Crippen molar-refractivity contribution in [2.45, 2.75) is 57.4 Å². The summed E-state index contributed by atoms with van der Waals surface area (Å²) >= 11 is 3.55. The Balaban J connectivity index is 1.74. The summed E-state index contributed by atoms with van der Waals surface area (Å²) in [7, 11) is 0. The smallest absolute Gasteiger partial charge is 0.00961 e. The maximum absolute atomic E-state index is 3.55. The predicted octanol–water partition coefficient (Wildman–Crippen LogP) is 3.82. The van der Waals surface area contributed by atoms with Gasteiger partial charge in [0.15, 0.2) is 0 Å². The van der Waals surface area contributed by atoms with Crippen LogP contribution in [0.4, 0.5) is 0 Å². The van der Waals surface area contributed by atoms with E-state index >= 15 is 0 Å². The Morgan fingerprint density at radius 2 is 1.87 bits per heavy atom. The van der Waals surface area contributed by atoms with Crippen LogP contribution in [0, 0.1) is 5.92 Å². The average molecular weight is 274 g/mol. The minimum atomic E-state index is 0.920. The highest BCUT2D eigenvalue weighted by atomic mass is 79.9. The zero-order valence-corrected chi connectivity index (χ0v) is 11.3. The Hall–Kier alpha value is 0.440. The molecule has 2 fully saturated rings. The lowest BCUT2D eigenvalue weighted by Crippen LogP contribution is -2.33. The van der Waals surface area contributed by atoms with Gasteiger partial charge in [0, 0.05) is 17.9 Å². The van der Waals surface area contributed by atoms with E-state index in [0.717, 1.165) is 12.0 Å². The molecular weight excluding hydrogens is 250 g/mol. The zero-order valence-electron chi connectivity index (χ0n) is 9.76. The van der Waals surface area contributed by atoms with Gasteiger partial charge in [-0.25, -0.2) is 0 Å². The Labute approximate surface area is 103 Å².